The lowest BCUT2D eigenvalue weighted by Gasteiger charge is -2.27. The van der Waals surface area contributed by atoms with Gasteiger partial charge in [0.2, 0.25) is 5.91 Å². The molecule has 1 aliphatic rings. The molecule has 1 rings (SSSR count). The number of carbonyl (C=O) groups excluding carboxylic acids is 1. The van der Waals surface area contributed by atoms with E-state index in [9.17, 15) is 4.79 Å². The highest BCUT2D eigenvalue weighted by molar-refractivity contribution is 5.77. The number of hydrogen-bond acceptors (Lipinski definition) is 4. The van der Waals surface area contributed by atoms with Crippen molar-refractivity contribution >= 4 is 5.91 Å². The van der Waals surface area contributed by atoms with Gasteiger partial charge in [-0.25, -0.2) is 0 Å². The summed E-state index contributed by atoms with van der Waals surface area (Å²) < 4.78 is 10.3. The van der Waals surface area contributed by atoms with E-state index in [1.54, 1.807) is 12.0 Å². The highest BCUT2D eigenvalue weighted by atomic mass is 16.5. The third-order valence-corrected chi connectivity index (χ3v) is 2.97. The van der Waals surface area contributed by atoms with Gasteiger partial charge in [0.1, 0.15) is 0 Å². The molecule has 1 aliphatic heterocycles. The summed E-state index contributed by atoms with van der Waals surface area (Å²) in [7, 11) is 3.51. The van der Waals surface area contributed by atoms with Crippen molar-refractivity contribution in [2.24, 2.45) is 5.92 Å². The van der Waals surface area contributed by atoms with E-state index in [1.807, 2.05) is 7.05 Å². The van der Waals surface area contributed by atoms with Crippen molar-refractivity contribution < 1.29 is 14.3 Å². The third kappa shape index (κ3) is 6.00. The van der Waals surface area contributed by atoms with Gasteiger partial charge in [-0.05, 0) is 18.8 Å². The minimum atomic E-state index is 0.131. The van der Waals surface area contributed by atoms with E-state index in [2.05, 4.69) is 5.32 Å². The Morgan fingerprint density at radius 1 is 1.59 bits per heavy atom. The van der Waals surface area contributed by atoms with Crippen LogP contribution in [0.4, 0.5) is 0 Å². The maximum absolute atomic E-state index is 11.8. The normalized spacial score (nSPS) is 20.2. The first-order valence-corrected chi connectivity index (χ1v) is 6.25. The Kier molecular flexibility index (Phi) is 7.16. The molecule has 1 saturated heterocycles. The van der Waals surface area contributed by atoms with Crippen LogP contribution >= 0.6 is 0 Å². The van der Waals surface area contributed by atoms with Crippen molar-refractivity contribution in [1.82, 2.24) is 10.2 Å². The lowest BCUT2D eigenvalue weighted by atomic mass is 10.0. The van der Waals surface area contributed by atoms with Crippen LogP contribution in [0.2, 0.25) is 0 Å². The van der Waals surface area contributed by atoms with Crippen LogP contribution in [0.1, 0.15) is 12.8 Å². The smallest absolute Gasteiger partial charge is 0.236 e. The molecule has 0 bridgehead atoms. The standard InChI is InChI=1S/C12H24N2O3/c1-14(9-11-4-3-6-17-10-11)12(15)8-13-5-7-16-2/h11,13H,3-10H2,1-2H3. The Morgan fingerprint density at radius 3 is 3.06 bits per heavy atom. The first-order valence-electron chi connectivity index (χ1n) is 6.25. The average molecular weight is 244 g/mol. The number of methoxy groups -OCH3 is 1. The molecule has 0 radical (unpaired) electrons. The summed E-state index contributed by atoms with van der Waals surface area (Å²) in [5.74, 6) is 0.628. The van der Waals surface area contributed by atoms with Crippen molar-refractivity contribution in [1.29, 1.82) is 0 Å². The molecule has 100 valence electrons. The van der Waals surface area contributed by atoms with Crippen LogP contribution in [0.25, 0.3) is 0 Å². The highest BCUT2D eigenvalue weighted by Gasteiger charge is 2.18. The predicted octanol–water partition coefficient (Wildman–Crippen LogP) is 0.107. The van der Waals surface area contributed by atoms with Gasteiger partial charge < -0.3 is 19.7 Å². The van der Waals surface area contributed by atoms with Crippen LogP contribution in [0, 0.1) is 5.92 Å². The first kappa shape index (κ1) is 14.4. The Bertz CT molecular complexity index is 218. The number of rotatable bonds is 7. The predicted molar refractivity (Wildman–Crippen MR) is 65.9 cm³/mol. The maximum atomic E-state index is 11.8. The summed E-state index contributed by atoms with van der Waals surface area (Å²) in [6.45, 7) is 4.18. The zero-order valence-corrected chi connectivity index (χ0v) is 10.9. The highest BCUT2D eigenvalue weighted by Crippen LogP contribution is 2.14. The molecule has 0 aromatic rings. The Morgan fingerprint density at radius 2 is 2.41 bits per heavy atom. The molecular formula is C12H24N2O3. The van der Waals surface area contributed by atoms with Gasteiger partial charge in [0.25, 0.3) is 0 Å². The van der Waals surface area contributed by atoms with Gasteiger partial charge in [-0.15, -0.1) is 0 Å². The summed E-state index contributed by atoms with van der Waals surface area (Å²) >= 11 is 0. The fourth-order valence-electron chi connectivity index (χ4n) is 1.95. The van der Waals surface area contributed by atoms with E-state index in [4.69, 9.17) is 9.47 Å². The molecule has 0 aliphatic carbocycles. The molecule has 0 aromatic heterocycles. The summed E-state index contributed by atoms with van der Waals surface area (Å²) in [5.41, 5.74) is 0. The minimum Gasteiger partial charge on any atom is -0.383 e. The largest absolute Gasteiger partial charge is 0.383 e. The van der Waals surface area contributed by atoms with E-state index in [-0.39, 0.29) is 5.91 Å². The first-order chi connectivity index (χ1) is 8.24. The third-order valence-electron chi connectivity index (χ3n) is 2.97. The summed E-state index contributed by atoms with van der Waals surface area (Å²) in [4.78, 5) is 13.6. The van der Waals surface area contributed by atoms with Crippen LogP contribution in [0.3, 0.4) is 0 Å². The van der Waals surface area contributed by atoms with Crippen molar-refractivity contribution in [2.75, 3.05) is 53.6 Å². The maximum Gasteiger partial charge on any atom is 0.236 e. The molecule has 0 spiro atoms. The number of carbonyl (C=O) groups is 1. The number of nitrogens with zero attached hydrogens (tertiary/aromatic N) is 1. The van der Waals surface area contributed by atoms with Gasteiger partial charge in [-0.3, -0.25) is 4.79 Å². The number of nitrogens with one attached hydrogen (secondary N) is 1. The van der Waals surface area contributed by atoms with E-state index in [1.165, 1.54) is 0 Å². The number of amides is 1. The van der Waals surface area contributed by atoms with Gasteiger partial charge in [0, 0.05) is 33.9 Å². The zero-order valence-electron chi connectivity index (χ0n) is 10.9. The molecule has 0 saturated carbocycles. The Labute approximate surface area is 103 Å². The number of ether oxygens (including phenoxy) is 2. The molecular weight excluding hydrogens is 220 g/mol. The summed E-state index contributed by atoms with van der Waals surface area (Å²) in [5, 5.41) is 3.06. The lowest BCUT2D eigenvalue weighted by Crippen LogP contribution is -2.40. The average Bonchev–Trinajstić information content (AvgIpc) is 2.35. The lowest BCUT2D eigenvalue weighted by molar-refractivity contribution is -0.130. The number of likely N-dealkylation sites (N-methyl/N-ethyl adjacent to an activating group) is 1. The van der Waals surface area contributed by atoms with Crippen LogP contribution in [0.5, 0.6) is 0 Å². The van der Waals surface area contributed by atoms with E-state index in [0.717, 1.165) is 32.6 Å². The van der Waals surface area contributed by atoms with Gasteiger partial charge in [0.15, 0.2) is 0 Å². The quantitative estimate of drug-likeness (QED) is 0.646. The van der Waals surface area contributed by atoms with Crippen LogP contribution < -0.4 is 5.32 Å². The van der Waals surface area contributed by atoms with Gasteiger partial charge in [0.05, 0.1) is 19.8 Å². The van der Waals surface area contributed by atoms with Crippen LogP contribution in [-0.2, 0) is 14.3 Å². The molecule has 5 nitrogen and oxygen atoms in total. The second-order valence-electron chi connectivity index (χ2n) is 4.53. The Hall–Kier alpha value is -0.650. The minimum absolute atomic E-state index is 0.131. The van der Waals surface area contributed by atoms with Gasteiger partial charge in [-0.2, -0.15) is 0 Å². The van der Waals surface area contributed by atoms with Gasteiger partial charge >= 0.3 is 0 Å². The van der Waals surface area contributed by atoms with Crippen molar-refractivity contribution in [2.45, 2.75) is 12.8 Å². The SMILES string of the molecule is COCCNCC(=O)N(C)CC1CCCOC1. The molecule has 1 unspecified atom stereocenters. The molecule has 17 heavy (non-hydrogen) atoms. The molecule has 1 amide bonds. The molecule has 0 aromatic carbocycles. The zero-order chi connectivity index (χ0) is 12.5. The molecule has 1 heterocycles. The fraction of sp³-hybridized carbons (Fsp3) is 0.917. The second kappa shape index (κ2) is 8.44. The molecule has 1 fully saturated rings. The van der Waals surface area contributed by atoms with E-state index >= 15 is 0 Å². The summed E-state index contributed by atoms with van der Waals surface area (Å²) in [6, 6.07) is 0. The monoisotopic (exact) mass is 244 g/mol. The Balaban J connectivity index is 2.12. The molecule has 5 heteroatoms. The summed E-state index contributed by atoms with van der Waals surface area (Å²) in [6.07, 6.45) is 2.27. The van der Waals surface area contributed by atoms with E-state index in [0.29, 0.717) is 25.6 Å². The molecule has 1 N–H and O–H groups in total. The van der Waals surface area contributed by atoms with Crippen molar-refractivity contribution in [3.63, 3.8) is 0 Å². The van der Waals surface area contributed by atoms with Crippen LogP contribution in [-0.4, -0.2) is 64.4 Å². The fourth-order valence-corrected chi connectivity index (χ4v) is 1.95. The number of hydrogen-bond donors (Lipinski definition) is 1. The topological polar surface area (TPSA) is 50.8 Å². The van der Waals surface area contributed by atoms with Gasteiger partial charge in [-0.1, -0.05) is 0 Å². The second-order valence-corrected chi connectivity index (χ2v) is 4.53. The van der Waals surface area contributed by atoms with Crippen molar-refractivity contribution in [3.8, 4) is 0 Å². The van der Waals surface area contributed by atoms with Crippen molar-refractivity contribution in [3.05, 3.63) is 0 Å². The molecule has 1 atom stereocenters. The van der Waals surface area contributed by atoms with Crippen LogP contribution in [0.15, 0.2) is 0 Å². The van der Waals surface area contributed by atoms with E-state index < -0.39 is 0 Å².